The summed E-state index contributed by atoms with van der Waals surface area (Å²) in [5, 5.41) is 16.5. The molecule has 1 aromatic heterocycles. The number of hydrogen-bond acceptors (Lipinski definition) is 9. The third kappa shape index (κ3) is 11.1. The number of amides is 3. The van der Waals surface area contributed by atoms with Gasteiger partial charge in [0.15, 0.2) is 0 Å². The molecule has 1 aromatic carbocycles. The lowest BCUT2D eigenvalue weighted by Gasteiger charge is -2.34. The van der Waals surface area contributed by atoms with Crippen molar-refractivity contribution in [2.45, 2.75) is 46.2 Å². The first-order valence-electron chi connectivity index (χ1n) is 17.2. The SMILES string of the molecule is Cc1ccc(N(CCCN2CC3CN(C(=O)c4c(C)ncnc4C)CC3C2)C(=O)C2CCN(C(=O)COCC(=O)O)CC2)cc1Cl.O=C(O)C(F)(F)F. The van der Waals surface area contributed by atoms with Crippen molar-refractivity contribution >= 4 is 46.9 Å². The number of aliphatic carboxylic acids is 2. The van der Waals surface area contributed by atoms with Crippen LogP contribution in [0.2, 0.25) is 5.02 Å². The van der Waals surface area contributed by atoms with E-state index in [1.54, 1.807) is 4.90 Å². The molecule has 3 aliphatic heterocycles. The number of carbonyl (C=O) groups excluding carboxylic acids is 3. The van der Waals surface area contributed by atoms with Crippen LogP contribution in [0.4, 0.5) is 18.9 Å². The Bertz CT molecular complexity index is 1640. The Morgan fingerprint density at radius 3 is 2.04 bits per heavy atom. The fourth-order valence-electron chi connectivity index (χ4n) is 6.98. The normalized spacial score (nSPS) is 19.0. The quantitative estimate of drug-likeness (QED) is 0.343. The number of carbonyl (C=O) groups is 5. The second kappa shape index (κ2) is 18.1. The van der Waals surface area contributed by atoms with E-state index in [-0.39, 0.29) is 30.2 Å². The number of aryl methyl sites for hydroxylation is 3. The van der Waals surface area contributed by atoms with Gasteiger partial charge in [-0.15, -0.1) is 0 Å². The van der Waals surface area contributed by atoms with Crippen molar-refractivity contribution in [1.82, 2.24) is 24.7 Å². The summed E-state index contributed by atoms with van der Waals surface area (Å²) in [5.41, 5.74) is 3.75. The first-order chi connectivity index (χ1) is 25.0. The van der Waals surface area contributed by atoms with Crippen LogP contribution in [0.3, 0.4) is 0 Å². The average Bonchev–Trinajstić information content (AvgIpc) is 3.67. The number of halogens is 4. The number of piperidine rings is 1. The average molecular weight is 769 g/mol. The lowest BCUT2D eigenvalue weighted by Crippen LogP contribution is -2.46. The Labute approximate surface area is 309 Å². The van der Waals surface area contributed by atoms with Gasteiger partial charge in [0.2, 0.25) is 11.8 Å². The Hall–Kier alpha value is -4.35. The molecule has 3 fully saturated rings. The van der Waals surface area contributed by atoms with E-state index in [1.165, 1.54) is 6.33 Å². The van der Waals surface area contributed by atoms with Gasteiger partial charge in [-0.2, -0.15) is 13.2 Å². The highest BCUT2D eigenvalue weighted by molar-refractivity contribution is 6.31. The number of benzene rings is 1. The summed E-state index contributed by atoms with van der Waals surface area (Å²) >= 11 is 6.47. The monoisotopic (exact) mass is 768 g/mol. The van der Waals surface area contributed by atoms with E-state index in [0.717, 1.165) is 50.4 Å². The predicted octanol–water partition coefficient (Wildman–Crippen LogP) is 3.46. The summed E-state index contributed by atoms with van der Waals surface area (Å²) in [5.74, 6) is -3.49. The first-order valence-corrected chi connectivity index (χ1v) is 17.6. The number of likely N-dealkylation sites (tertiary alicyclic amines) is 3. The number of hydrogen-bond donors (Lipinski definition) is 2. The third-order valence-corrected chi connectivity index (χ3v) is 10.2. The Morgan fingerprint density at radius 2 is 1.51 bits per heavy atom. The summed E-state index contributed by atoms with van der Waals surface area (Å²) in [6.45, 7) is 10.4. The number of ether oxygens (including phenoxy) is 1. The third-order valence-electron chi connectivity index (χ3n) is 9.77. The minimum absolute atomic E-state index is 0.0178. The molecule has 2 N–H and O–H groups in total. The van der Waals surface area contributed by atoms with Crippen molar-refractivity contribution in [3.63, 3.8) is 0 Å². The number of anilines is 1. The minimum Gasteiger partial charge on any atom is -0.480 e. The van der Waals surface area contributed by atoms with Gasteiger partial charge in [-0.1, -0.05) is 17.7 Å². The Balaban J connectivity index is 0.000000815. The summed E-state index contributed by atoms with van der Waals surface area (Å²) in [6, 6.07) is 5.71. The van der Waals surface area contributed by atoms with E-state index >= 15 is 0 Å². The fraction of sp³-hybridized carbons (Fsp3) is 0.571. The van der Waals surface area contributed by atoms with Gasteiger partial charge in [0.1, 0.15) is 19.5 Å². The lowest BCUT2D eigenvalue weighted by molar-refractivity contribution is -0.192. The van der Waals surface area contributed by atoms with Gasteiger partial charge in [-0.25, -0.2) is 19.6 Å². The van der Waals surface area contributed by atoms with Crippen LogP contribution in [-0.2, 0) is 23.9 Å². The molecule has 4 heterocycles. The van der Waals surface area contributed by atoms with Crippen LogP contribution in [0.1, 0.15) is 46.6 Å². The van der Waals surface area contributed by atoms with E-state index < -0.39 is 24.7 Å². The number of nitrogens with zero attached hydrogens (tertiary/aromatic N) is 6. The maximum atomic E-state index is 13.9. The number of fused-ring (bicyclic) bond motifs is 1. The van der Waals surface area contributed by atoms with Gasteiger partial charge in [0.05, 0.1) is 17.0 Å². The van der Waals surface area contributed by atoms with Crippen LogP contribution in [0.25, 0.3) is 0 Å². The summed E-state index contributed by atoms with van der Waals surface area (Å²) in [6.07, 6.45) is -1.75. The highest BCUT2D eigenvalue weighted by atomic mass is 35.5. The van der Waals surface area contributed by atoms with Crippen LogP contribution < -0.4 is 4.90 Å². The standard InChI is InChI=1S/C33H43ClN6O6.C2HF3O2/c1-21-5-6-27(13-28(21)34)40(32(44)24-7-11-38(12-8-24)29(41)18-46-19-30(42)43)10-4-9-37-14-25-16-39(17-26(25)15-37)33(45)31-22(2)35-20-36-23(31)3;3-2(4,5)1(6)7/h5-6,13,20,24-26H,4,7-12,14-19H2,1-3H3,(H,42,43);(H,6,7). The molecule has 5 rings (SSSR count). The van der Waals surface area contributed by atoms with Crippen molar-refractivity contribution in [3.05, 3.63) is 52.1 Å². The number of alkyl halides is 3. The molecule has 3 saturated heterocycles. The zero-order valence-corrected chi connectivity index (χ0v) is 30.5. The van der Waals surface area contributed by atoms with Crippen LogP contribution in [0.15, 0.2) is 24.5 Å². The van der Waals surface area contributed by atoms with Gasteiger partial charge >= 0.3 is 18.1 Å². The van der Waals surface area contributed by atoms with Crippen molar-refractivity contribution in [2.24, 2.45) is 17.8 Å². The molecular formula is C35H44ClF3N6O8. The molecular weight excluding hydrogens is 725 g/mol. The van der Waals surface area contributed by atoms with Gasteiger partial charge in [-0.3, -0.25) is 14.4 Å². The molecule has 53 heavy (non-hydrogen) atoms. The highest BCUT2D eigenvalue weighted by Crippen LogP contribution is 2.33. The largest absolute Gasteiger partial charge is 0.490 e. The Morgan fingerprint density at radius 1 is 0.925 bits per heavy atom. The van der Waals surface area contributed by atoms with Gasteiger partial charge < -0.3 is 34.5 Å². The maximum Gasteiger partial charge on any atom is 0.490 e. The summed E-state index contributed by atoms with van der Waals surface area (Å²) < 4.78 is 36.7. The van der Waals surface area contributed by atoms with E-state index in [0.29, 0.717) is 66.3 Å². The van der Waals surface area contributed by atoms with E-state index in [9.17, 15) is 32.3 Å². The lowest BCUT2D eigenvalue weighted by atomic mass is 9.94. The molecule has 3 aliphatic rings. The molecule has 2 aromatic rings. The van der Waals surface area contributed by atoms with Crippen LogP contribution >= 0.6 is 11.6 Å². The number of aromatic nitrogens is 2. The highest BCUT2D eigenvalue weighted by Gasteiger charge is 2.42. The van der Waals surface area contributed by atoms with E-state index in [1.807, 2.05) is 48.8 Å². The van der Waals surface area contributed by atoms with Crippen molar-refractivity contribution < 1.29 is 52.1 Å². The first kappa shape index (κ1) is 41.4. The minimum atomic E-state index is -5.08. The van der Waals surface area contributed by atoms with Crippen molar-refractivity contribution in [2.75, 3.05) is 70.5 Å². The zero-order valence-electron chi connectivity index (χ0n) is 29.8. The smallest absolute Gasteiger partial charge is 0.480 e. The molecule has 0 radical (unpaired) electrons. The molecule has 3 amide bonds. The molecule has 0 saturated carbocycles. The van der Waals surface area contributed by atoms with E-state index in [4.69, 9.17) is 31.3 Å². The zero-order chi connectivity index (χ0) is 39.0. The Kier molecular flexibility index (Phi) is 14.2. The second-order valence-electron chi connectivity index (χ2n) is 13.5. The number of carboxylic acids is 2. The van der Waals surface area contributed by atoms with Crippen LogP contribution in [0.5, 0.6) is 0 Å². The molecule has 290 valence electrons. The maximum absolute atomic E-state index is 13.9. The molecule has 0 spiro atoms. The molecule has 0 bridgehead atoms. The van der Waals surface area contributed by atoms with Crippen LogP contribution in [0, 0.1) is 38.5 Å². The van der Waals surface area contributed by atoms with Gasteiger partial charge in [0, 0.05) is 62.4 Å². The molecule has 14 nitrogen and oxygen atoms in total. The number of rotatable bonds is 11. The van der Waals surface area contributed by atoms with Crippen molar-refractivity contribution in [3.8, 4) is 0 Å². The van der Waals surface area contributed by atoms with Crippen molar-refractivity contribution in [1.29, 1.82) is 0 Å². The molecule has 18 heteroatoms. The predicted molar refractivity (Wildman–Crippen MR) is 185 cm³/mol. The van der Waals surface area contributed by atoms with E-state index in [2.05, 4.69) is 14.9 Å². The number of carboxylic acid groups (broad SMARTS) is 2. The van der Waals surface area contributed by atoms with Gasteiger partial charge in [-0.05, 0) is 76.1 Å². The topological polar surface area (TPSA) is 174 Å². The summed E-state index contributed by atoms with van der Waals surface area (Å²) in [4.78, 5) is 75.5. The molecule has 0 aliphatic carbocycles. The second-order valence-corrected chi connectivity index (χ2v) is 13.9. The molecule has 2 atom stereocenters. The fourth-order valence-corrected chi connectivity index (χ4v) is 7.16. The summed E-state index contributed by atoms with van der Waals surface area (Å²) in [7, 11) is 0. The van der Waals surface area contributed by atoms with Gasteiger partial charge in [0.25, 0.3) is 5.91 Å². The molecule has 2 unspecified atom stereocenters. The van der Waals surface area contributed by atoms with Crippen LogP contribution in [-0.4, -0.2) is 136 Å².